The van der Waals surface area contributed by atoms with Gasteiger partial charge in [-0.2, -0.15) is 0 Å². The number of benzene rings is 4. The zero-order chi connectivity index (χ0) is 28.1. The summed E-state index contributed by atoms with van der Waals surface area (Å²) in [5.41, 5.74) is 5.88. The van der Waals surface area contributed by atoms with E-state index in [9.17, 15) is 14.0 Å². The number of halogens is 1. The Morgan fingerprint density at radius 3 is 2.00 bits per heavy atom. The van der Waals surface area contributed by atoms with E-state index in [0.29, 0.717) is 42.3 Å². The second-order valence-electron chi connectivity index (χ2n) is 9.90. The normalized spacial score (nSPS) is 12.9. The molecule has 1 amide bonds. The highest BCUT2D eigenvalue weighted by Crippen LogP contribution is 2.36. The van der Waals surface area contributed by atoms with E-state index in [-0.39, 0.29) is 18.8 Å². The Hall–Kier alpha value is -4.71. The SMILES string of the molecule is C=C(C)c1cc(C(=O)N2Cc3ccc(C(F)C=O)cc3C2)c(OCc2ccccc2)cc1OCc1ccccc1. The molecule has 1 aliphatic rings. The first-order valence-electron chi connectivity index (χ1n) is 13.1. The molecule has 0 N–H and O–H groups in total. The predicted octanol–water partition coefficient (Wildman–Crippen LogP) is 7.24. The van der Waals surface area contributed by atoms with Crippen molar-refractivity contribution in [3.05, 3.63) is 137 Å². The van der Waals surface area contributed by atoms with Crippen LogP contribution in [0.25, 0.3) is 5.57 Å². The smallest absolute Gasteiger partial charge is 0.258 e. The average molecular weight is 536 g/mol. The van der Waals surface area contributed by atoms with Crippen LogP contribution in [0.4, 0.5) is 4.39 Å². The fourth-order valence-electron chi connectivity index (χ4n) is 4.75. The van der Waals surface area contributed by atoms with E-state index < -0.39 is 6.17 Å². The maximum atomic E-state index is 14.0. The summed E-state index contributed by atoms with van der Waals surface area (Å²) in [4.78, 5) is 26.6. The number of ether oxygens (including phenoxy) is 2. The van der Waals surface area contributed by atoms with Crippen LogP contribution in [0.15, 0.2) is 97.6 Å². The molecule has 0 saturated carbocycles. The molecule has 0 radical (unpaired) electrons. The number of aldehydes is 1. The lowest BCUT2D eigenvalue weighted by atomic mass is 10.0. The maximum Gasteiger partial charge on any atom is 0.258 e. The minimum absolute atomic E-state index is 0.217. The van der Waals surface area contributed by atoms with Crippen molar-refractivity contribution in [1.29, 1.82) is 0 Å². The van der Waals surface area contributed by atoms with Crippen LogP contribution < -0.4 is 9.47 Å². The van der Waals surface area contributed by atoms with Crippen molar-refractivity contribution in [2.75, 3.05) is 0 Å². The Balaban J connectivity index is 1.46. The average Bonchev–Trinajstić information content (AvgIpc) is 3.42. The topological polar surface area (TPSA) is 55.8 Å². The van der Waals surface area contributed by atoms with Gasteiger partial charge in [-0.3, -0.25) is 9.59 Å². The molecule has 0 bridgehead atoms. The lowest BCUT2D eigenvalue weighted by Gasteiger charge is -2.21. The number of carbonyl (C=O) groups is 2. The van der Waals surface area contributed by atoms with Crippen LogP contribution >= 0.6 is 0 Å². The molecule has 1 aliphatic heterocycles. The fraction of sp³-hybridized carbons (Fsp3) is 0.176. The standard InChI is InChI=1S/C34H30FNO4/c1-23(2)29-16-30(34(38)36-18-27-14-13-26(31(35)20-37)15-28(27)19-36)33(40-22-25-11-7-4-8-12-25)17-32(29)39-21-24-9-5-3-6-10-24/h3-17,20,31H,1,18-19,21-22H2,2H3. The minimum Gasteiger partial charge on any atom is -0.488 e. The van der Waals surface area contributed by atoms with Gasteiger partial charge in [0, 0.05) is 24.7 Å². The van der Waals surface area contributed by atoms with Crippen molar-refractivity contribution in [3.8, 4) is 11.5 Å². The Morgan fingerprint density at radius 1 is 0.850 bits per heavy atom. The van der Waals surface area contributed by atoms with Gasteiger partial charge in [0.1, 0.15) is 24.7 Å². The molecule has 6 heteroatoms. The molecule has 4 aromatic rings. The number of alkyl halides is 1. The second kappa shape index (κ2) is 12.0. The third-order valence-electron chi connectivity index (χ3n) is 6.92. The van der Waals surface area contributed by atoms with Crippen LogP contribution in [0.2, 0.25) is 0 Å². The summed E-state index contributed by atoms with van der Waals surface area (Å²) in [5, 5.41) is 0. The van der Waals surface area contributed by atoms with Crippen LogP contribution in [-0.2, 0) is 31.1 Å². The molecule has 0 aliphatic carbocycles. The first-order chi connectivity index (χ1) is 19.4. The summed E-state index contributed by atoms with van der Waals surface area (Å²) in [6.07, 6.45) is -1.41. The summed E-state index contributed by atoms with van der Waals surface area (Å²) in [5.74, 6) is 0.765. The molecular formula is C34H30FNO4. The first-order valence-corrected chi connectivity index (χ1v) is 13.1. The van der Waals surface area contributed by atoms with Crippen LogP contribution in [0.5, 0.6) is 11.5 Å². The van der Waals surface area contributed by atoms with Gasteiger partial charge < -0.3 is 14.4 Å². The van der Waals surface area contributed by atoms with Gasteiger partial charge >= 0.3 is 0 Å². The fourth-order valence-corrected chi connectivity index (χ4v) is 4.75. The largest absolute Gasteiger partial charge is 0.488 e. The summed E-state index contributed by atoms with van der Waals surface area (Å²) in [6.45, 7) is 7.30. The lowest BCUT2D eigenvalue weighted by molar-refractivity contribution is -0.112. The van der Waals surface area contributed by atoms with Crippen LogP contribution in [0.1, 0.15) is 56.8 Å². The molecule has 1 unspecified atom stereocenters. The number of hydrogen-bond acceptors (Lipinski definition) is 4. The molecule has 0 fully saturated rings. The molecular weight excluding hydrogens is 505 g/mol. The van der Waals surface area contributed by atoms with E-state index in [2.05, 4.69) is 6.58 Å². The highest BCUT2D eigenvalue weighted by Gasteiger charge is 2.28. The number of carbonyl (C=O) groups excluding carboxylic acids is 2. The molecule has 4 aromatic carbocycles. The van der Waals surface area contributed by atoms with E-state index in [1.807, 2.05) is 67.6 Å². The number of amides is 1. The molecule has 5 rings (SSSR count). The minimum atomic E-state index is -1.69. The van der Waals surface area contributed by atoms with Gasteiger partial charge in [0.25, 0.3) is 5.91 Å². The zero-order valence-corrected chi connectivity index (χ0v) is 22.3. The lowest BCUT2D eigenvalue weighted by Crippen LogP contribution is -2.26. The van der Waals surface area contributed by atoms with Gasteiger partial charge in [0.05, 0.1) is 5.56 Å². The van der Waals surface area contributed by atoms with E-state index in [1.54, 1.807) is 35.2 Å². The molecule has 0 spiro atoms. The van der Waals surface area contributed by atoms with Gasteiger partial charge in [-0.05, 0) is 46.4 Å². The van der Waals surface area contributed by atoms with Crippen molar-refractivity contribution in [1.82, 2.24) is 4.90 Å². The van der Waals surface area contributed by atoms with E-state index in [0.717, 1.165) is 33.4 Å². The second-order valence-corrected chi connectivity index (χ2v) is 9.90. The Bertz CT molecular complexity index is 1530. The summed E-state index contributed by atoms with van der Waals surface area (Å²) in [7, 11) is 0. The van der Waals surface area contributed by atoms with Crippen molar-refractivity contribution in [2.45, 2.75) is 39.4 Å². The Morgan fingerprint density at radius 2 is 1.43 bits per heavy atom. The van der Waals surface area contributed by atoms with Crippen LogP contribution in [0, 0.1) is 0 Å². The van der Waals surface area contributed by atoms with Crippen molar-refractivity contribution < 1.29 is 23.5 Å². The Labute approximate surface area is 233 Å². The molecule has 202 valence electrons. The number of allylic oxidation sites excluding steroid dienone is 1. The highest BCUT2D eigenvalue weighted by molar-refractivity contribution is 5.98. The molecule has 0 aromatic heterocycles. The first kappa shape index (κ1) is 26.9. The van der Waals surface area contributed by atoms with Crippen molar-refractivity contribution >= 4 is 17.8 Å². The summed E-state index contributed by atoms with van der Waals surface area (Å²) < 4.78 is 26.4. The van der Waals surface area contributed by atoms with Gasteiger partial charge in [0.15, 0.2) is 12.5 Å². The molecule has 0 saturated heterocycles. The Kier molecular flexibility index (Phi) is 8.06. The summed E-state index contributed by atoms with van der Waals surface area (Å²) in [6, 6.07) is 28.2. The zero-order valence-electron chi connectivity index (χ0n) is 22.3. The number of hydrogen-bond donors (Lipinski definition) is 0. The van der Waals surface area contributed by atoms with Crippen molar-refractivity contribution in [3.63, 3.8) is 0 Å². The maximum absolute atomic E-state index is 14.0. The van der Waals surface area contributed by atoms with Crippen LogP contribution in [0.3, 0.4) is 0 Å². The van der Waals surface area contributed by atoms with Gasteiger partial charge in [0.2, 0.25) is 0 Å². The monoisotopic (exact) mass is 535 g/mol. The van der Waals surface area contributed by atoms with Gasteiger partial charge in [-0.15, -0.1) is 0 Å². The number of fused-ring (bicyclic) bond motifs is 1. The molecule has 5 nitrogen and oxygen atoms in total. The van der Waals surface area contributed by atoms with E-state index in [4.69, 9.17) is 9.47 Å². The molecule has 1 atom stereocenters. The molecule has 1 heterocycles. The third-order valence-corrected chi connectivity index (χ3v) is 6.92. The van der Waals surface area contributed by atoms with Crippen molar-refractivity contribution in [2.24, 2.45) is 0 Å². The molecule has 40 heavy (non-hydrogen) atoms. The third kappa shape index (κ3) is 5.96. The number of nitrogens with zero attached hydrogens (tertiary/aromatic N) is 1. The summed E-state index contributed by atoms with van der Waals surface area (Å²) >= 11 is 0. The van der Waals surface area contributed by atoms with Gasteiger partial charge in [-0.25, -0.2) is 4.39 Å². The quantitative estimate of drug-likeness (QED) is 0.201. The van der Waals surface area contributed by atoms with E-state index >= 15 is 0 Å². The number of rotatable bonds is 10. The predicted molar refractivity (Wildman–Crippen MR) is 153 cm³/mol. The van der Waals surface area contributed by atoms with Crippen LogP contribution in [-0.4, -0.2) is 17.1 Å². The highest BCUT2D eigenvalue weighted by atomic mass is 19.1. The van der Waals surface area contributed by atoms with Gasteiger partial charge in [-0.1, -0.05) is 85.4 Å². The van der Waals surface area contributed by atoms with E-state index in [1.165, 1.54) is 0 Å².